The summed E-state index contributed by atoms with van der Waals surface area (Å²) < 4.78 is 0. The summed E-state index contributed by atoms with van der Waals surface area (Å²) in [6, 6.07) is 9.69. The largest absolute Gasteiger partial charge is 0.409 e. The lowest BCUT2D eigenvalue weighted by atomic mass is 10.2. The lowest BCUT2D eigenvalue weighted by Gasteiger charge is -2.21. The number of rotatable bonds is 3. The van der Waals surface area contributed by atoms with Crippen molar-refractivity contribution in [1.29, 1.82) is 0 Å². The molecule has 3 nitrogen and oxygen atoms in total. The molecule has 1 aromatic rings. The predicted molar refractivity (Wildman–Crippen MR) is 57.7 cm³/mol. The molecule has 0 unspecified atom stereocenters. The number of oxime groups is 1. The fourth-order valence-corrected chi connectivity index (χ4v) is 1.41. The van der Waals surface area contributed by atoms with Crippen LogP contribution in [0.2, 0.25) is 0 Å². The first-order chi connectivity index (χ1) is 6.83. The summed E-state index contributed by atoms with van der Waals surface area (Å²) in [6.45, 7) is 5.75. The van der Waals surface area contributed by atoms with Gasteiger partial charge in [-0.2, -0.15) is 0 Å². The standard InChI is InChI=1S/C11H16N2O/c1-3-13(4-2)11(12-14)10-8-6-5-7-9-10/h5-9,14H,3-4H2,1-2H3. The van der Waals surface area contributed by atoms with Gasteiger partial charge in [-0.05, 0) is 13.8 Å². The van der Waals surface area contributed by atoms with Gasteiger partial charge in [0.2, 0.25) is 0 Å². The van der Waals surface area contributed by atoms with Gasteiger partial charge in [0.05, 0.1) is 0 Å². The highest BCUT2D eigenvalue weighted by molar-refractivity contribution is 5.98. The van der Waals surface area contributed by atoms with Crippen molar-refractivity contribution < 1.29 is 5.21 Å². The molecule has 0 spiro atoms. The number of hydrogen-bond acceptors (Lipinski definition) is 2. The molecular formula is C11H16N2O. The highest BCUT2D eigenvalue weighted by Crippen LogP contribution is 2.05. The minimum absolute atomic E-state index is 0.635. The minimum atomic E-state index is 0.635. The third kappa shape index (κ3) is 2.25. The van der Waals surface area contributed by atoms with E-state index in [-0.39, 0.29) is 0 Å². The average molecular weight is 192 g/mol. The Morgan fingerprint density at radius 3 is 2.21 bits per heavy atom. The molecular weight excluding hydrogens is 176 g/mol. The Morgan fingerprint density at radius 1 is 1.21 bits per heavy atom. The van der Waals surface area contributed by atoms with Crippen LogP contribution in [-0.2, 0) is 0 Å². The summed E-state index contributed by atoms with van der Waals surface area (Å²) in [5.74, 6) is 0.635. The Labute approximate surface area is 84.7 Å². The topological polar surface area (TPSA) is 35.8 Å². The molecule has 14 heavy (non-hydrogen) atoms. The molecule has 0 radical (unpaired) electrons. The van der Waals surface area contributed by atoms with Crippen LogP contribution in [0.15, 0.2) is 35.5 Å². The number of nitrogens with zero attached hydrogens (tertiary/aromatic N) is 2. The van der Waals surface area contributed by atoms with E-state index < -0.39 is 0 Å². The van der Waals surface area contributed by atoms with Gasteiger partial charge >= 0.3 is 0 Å². The number of benzene rings is 1. The van der Waals surface area contributed by atoms with Crippen LogP contribution in [0, 0.1) is 0 Å². The van der Waals surface area contributed by atoms with Crippen molar-refractivity contribution >= 4 is 5.84 Å². The average Bonchev–Trinajstić information content (AvgIpc) is 2.27. The first-order valence-electron chi connectivity index (χ1n) is 4.85. The van der Waals surface area contributed by atoms with Crippen LogP contribution in [0.1, 0.15) is 19.4 Å². The van der Waals surface area contributed by atoms with Crippen LogP contribution < -0.4 is 0 Å². The third-order valence-corrected chi connectivity index (χ3v) is 2.19. The maximum atomic E-state index is 8.96. The van der Waals surface area contributed by atoms with Gasteiger partial charge in [-0.15, -0.1) is 0 Å². The normalized spacial score (nSPS) is 11.4. The van der Waals surface area contributed by atoms with Crippen molar-refractivity contribution in [1.82, 2.24) is 4.90 Å². The molecule has 1 aromatic carbocycles. The molecule has 0 fully saturated rings. The van der Waals surface area contributed by atoms with E-state index >= 15 is 0 Å². The van der Waals surface area contributed by atoms with Crippen LogP contribution >= 0.6 is 0 Å². The van der Waals surface area contributed by atoms with E-state index in [0.717, 1.165) is 18.7 Å². The van der Waals surface area contributed by atoms with Crippen molar-refractivity contribution in [3.63, 3.8) is 0 Å². The Hall–Kier alpha value is -1.51. The maximum absolute atomic E-state index is 8.96. The van der Waals surface area contributed by atoms with Crippen molar-refractivity contribution in [2.75, 3.05) is 13.1 Å². The molecule has 0 aromatic heterocycles. The minimum Gasteiger partial charge on any atom is -0.409 e. The Morgan fingerprint density at radius 2 is 1.79 bits per heavy atom. The molecule has 0 aliphatic rings. The highest BCUT2D eigenvalue weighted by atomic mass is 16.4. The van der Waals surface area contributed by atoms with Gasteiger partial charge in [-0.25, -0.2) is 0 Å². The Kier molecular flexibility index (Phi) is 3.98. The van der Waals surface area contributed by atoms with E-state index in [9.17, 15) is 0 Å². The second kappa shape index (κ2) is 5.27. The molecule has 0 aliphatic carbocycles. The fraction of sp³-hybridized carbons (Fsp3) is 0.364. The van der Waals surface area contributed by atoms with Gasteiger partial charge in [0.25, 0.3) is 0 Å². The van der Waals surface area contributed by atoms with Crippen molar-refractivity contribution in [2.24, 2.45) is 5.16 Å². The molecule has 3 heteroatoms. The molecule has 0 heterocycles. The van der Waals surface area contributed by atoms with E-state index in [1.54, 1.807) is 0 Å². The summed E-state index contributed by atoms with van der Waals surface area (Å²) in [5.41, 5.74) is 0.943. The molecule has 1 rings (SSSR count). The summed E-state index contributed by atoms with van der Waals surface area (Å²) >= 11 is 0. The van der Waals surface area contributed by atoms with Crippen molar-refractivity contribution in [2.45, 2.75) is 13.8 Å². The maximum Gasteiger partial charge on any atom is 0.175 e. The van der Waals surface area contributed by atoms with Crippen molar-refractivity contribution in [3.05, 3.63) is 35.9 Å². The van der Waals surface area contributed by atoms with Gasteiger partial charge in [0.15, 0.2) is 5.84 Å². The van der Waals surface area contributed by atoms with Crippen LogP contribution in [-0.4, -0.2) is 29.0 Å². The zero-order valence-corrected chi connectivity index (χ0v) is 8.64. The SMILES string of the molecule is CCN(CC)C(=NO)c1ccccc1. The van der Waals surface area contributed by atoms with Gasteiger partial charge in [-0.1, -0.05) is 35.5 Å². The summed E-state index contributed by atoms with van der Waals surface area (Å²) in [6.07, 6.45) is 0. The van der Waals surface area contributed by atoms with Gasteiger partial charge in [0, 0.05) is 18.7 Å². The zero-order chi connectivity index (χ0) is 10.4. The first kappa shape index (κ1) is 10.6. The zero-order valence-electron chi connectivity index (χ0n) is 8.64. The van der Waals surface area contributed by atoms with E-state index in [1.807, 2.05) is 49.1 Å². The van der Waals surface area contributed by atoms with Gasteiger partial charge < -0.3 is 10.1 Å². The molecule has 0 bridgehead atoms. The van der Waals surface area contributed by atoms with E-state index in [2.05, 4.69) is 5.16 Å². The van der Waals surface area contributed by atoms with E-state index in [1.165, 1.54) is 0 Å². The summed E-state index contributed by atoms with van der Waals surface area (Å²) in [4.78, 5) is 2.01. The quantitative estimate of drug-likeness (QED) is 0.345. The smallest absolute Gasteiger partial charge is 0.175 e. The van der Waals surface area contributed by atoms with Crippen LogP contribution in [0.5, 0.6) is 0 Å². The molecule has 76 valence electrons. The lowest BCUT2D eigenvalue weighted by molar-refractivity contribution is 0.304. The third-order valence-electron chi connectivity index (χ3n) is 2.19. The highest BCUT2D eigenvalue weighted by Gasteiger charge is 2.09. The number of amidine groups is 1. The predicted octanol–water partition coefficient (Wildman–Crippen LogP) is 2.16. The van der Waals surface area contributed by atoms with E-state index in [4.69, 9.17) is 5.21 Å². The fourth-order valence-electron chi connectivity index (χ4n) is 1.41. The Bertz CT molecular complexity index is 291. The monoisotopic (exact) mass is 192 g/mol. The van der Waals surface area contributed by atoms with Gasteiger partial charge in [-0.3, -0.25) is 0 Å². The molecule has 0 saturated heterocycles. The van der Waals surface area contributed by atoms with E-state index in [0.29, 0.717) is 5.84 Å². The van der Waals surface area contributed by atoms with Gasteiger partial charge in [0.1, 0.15) is 0 Å². The summed E-state index contributed by atoms with van der Waals surface area (Å²) in [5, 5.41) is 12.3. The van der Waals surface area contributed by atoms with Crippen LogP contribution in [0.3, 0.4) is 0 Å². The van der Waals surface area contributed by atoms with Crippen LogP contribution in [0.4, 0.5) is 0 Å². The second-order valence-electron chi connectivity index (χ2n) is 2.96. The molecule has 0 atom stereocenters. The van der Waals surface area contributed by atoms with Crippen molar-refractivity contribution in [3.8, 4) is 0 Å². The number of hydrogen-bond donors (Lipinski definition) is 1. The molecule has 0 saturated carbocycles. The Balaban J connectivity index is 2.94. The van der Waals surface area contributed by atoms with Crippen LogP contribution in [0.25, 0.3) is 0 Å². The second-order valence-corrected chi connectivity index (χ2v) is 2.96. The molecule has 1 N–H and O–H groups in total. The first-order valence-corrected chi connectivity index (χ1v) is 4.85. The molecule has 0 amide bonds. The molecule has 0 aliphatic heterocycles. The summed E-state index contributed by atoms with van der Waals surface area (Å²) in [7, 11) is 0. The lowest BCUT2D eigenvalue weighted by Crippen LogP contribution is -2.31.